The Labute approximate surface area is 118 Å². The molecule has 0 bridgehead atoms. The van der Waals surface area contributed by atoms with Crippen LogP contribution in [0.15, 0.2) is 33.8 Å². The van der Waals surface area contributed by atoms with Crippen LogP contribution in [0.2, 0.25) is 0 Å². The van der Waals surface area contributed by atoms with Crippen LogP contribution in [0.4, 0.5) is 0 Å². The molecule has 0 fully saturated rings. The summed E-state index contributed by atoms with van der Waals surface area (Å²) in [6, 6.07) is 3.33. The minimum Gasteiger partial charge on any atom is -0.464 e. The van der Waals surface area contributed by atoms with Crippen molar-refractivity contribution in [3.05, 3.63) is 36.0 Å². The molecule has 0 aliphatic rings. The number of rotatable bonds is 7. The summed E-state index contributed by atoms with van der Waals surface area (Å²) in [7, 11) is -1.78. The summed E-state index contributed by atoms with van der Waals surface area (Å²) in [6.07, 6.45) is 3.43. The van der Waals surface area contributed by atoms with Gasteiger partial charge < -0.3 is 9.73 Å². The van der Waals surface area contributed by atoms with E-state index in [2.05, 4.69) is 15.1 Å². The molecule has 0 amide bonds. The van der Waals surface area contributed by atoms with Crippen molar-refractivity contribution in [2.45, 2.75) is 24.9 Å². The average molecular weight is 298 g/mol. The van der Waals surface area contributed by atoms with E-state index in [4.69, 9.17) is 4.42 Å². The molecule has 2 N–H and O–H groups in total. The maximum atomic E-state index is 12.2. The van der Waals surface area contributed by atoms with Gasteiger partial charge in [0.1, 0.15) is 16.4 Å². The second-order valence-electron chi connectivity index (χ2n) is 4.33. The van der Waals surface area contributed by atoms with Crippen LogP contribution in [0, 0.1) is 6.92 Å². The molecule has 0 atom stereocenters. The van der Waals surface area contributed by atoms with E-state index in [9.17, 15) is 8.42 Å². The summed E-state index contributed by atoms with van der Waals surface area (Å²) in [5.74, 6) is 0.985. The van der Waals surface area contributed by atoms with E-state index in [0.29, 0.717) is 24.6 Å². The van der Waals surface area contributed by atoms with E-state index in [-0.39, 0.29) is 11.4 Å². The van der Waals surface area contributed by atoms with Gasteiger partial charge in [0, 0.05) is 25.0 Å². The van der Waals surface area contributed by atoms with E-state index in [1.54, 1.807) is 43.2 Å². The first-order chi connectivity index (χ1) is 9.53. The Morgan fingerprint density at radius 3 is 2.90 bits per heavy atom. The Balaban J connectivity index is 2.02. The zero-order valence-corrected chi connectivity index (χ0v) is 12.3. The molecule has 2 heterocycles. The molecule has 0 saturated carbocycles. The van der Waals surface area contributed by atoms with Gasteiger partial charge in [0.2, 0.25) is 10.0 Å². The molecule has 20 heavy (non-hydrogen) atoms. The van der Waals surface area contributed by atoms with Crippen LogP contribution < -0.4 is 10.0 Å². The van der Waals surface area contributed by atoms with Crippen LogP contribution in [-0.2, 0) is 23.1 Å². The fourth-order valence-electron chi connectivity index (χ4n) is 1.86. The van der Waals surface area contributed by atoms with Gasteiger partial charge >= 0.3 is 0 Å². The summed E-state index contributed by atoms with van der Waals surface area (Å²) in [5.41, 5.74) is 0. The van der Waals surface area contributed by atoms with Gasteiger partial charge in [0.25, 0.3) is 0 Å². The number of aromatic nitrogens is 2. The molecule has 0 radical (unpaired) electrons. The molecule has 0 saturated heterocycles. The second kappa shape index (κ2) is 6.21. The predicted octanol–water partition coefficient (Wildman–Crippen LogP) is 0.482. The summed E-state index contributed by atoms with van der Waals surface area (Å²) < 4.78 is 34.0. The third kappa shape index (κ3) is 3.47. The van der Waals surface area contributed by atoms with Gasteiger partial charge in [-0.2, -0.15) is 5.10 Å². The Morgan fingerprint density at radius 2 is 2.25 bits per heavy atom. The molecular formula is C12H18N4O3S. The number of aryl methyl sites for hydroxylation is 1. The number of hydrogen-bond donors (Lipinski definition) is 2. The summed E-state index contributed by atoms with van der Waals surface area (Å²) in [4.78, 5) is 0.184. The molecule has 0 aliphatic carbocycles. The highest BCUT2D eigenvalue weighted by atomic mass is 32.2. The number of nitrogens with zero attached hydrogens (tertiary/aromatic N) is 2. The number of nitrogens with one attached hydrogen (secondary N) is 2. The standard InChI is InChI=1S/C12H18N4O3S/c1-10-12(8-11(19-10)9-13-2)20(17,18)15-5-7-16-6-3-4-14-16/h3-4,6,8,13,15H,5,7,9H2,1-2H3. The number of sulfonamides is 1. The van der Waals surface area contributed by atoms with E-state index >= 15 is 0 Å². The van der Waals surface area contributed by atoms with Crippen LogP contribution in [-0.4, -0.2) is 31.8 Å². The summed E-state index contributed by atoms with van der Waals surface area (Å²) in [6.45, 7) is 2.88. The largest absolute Gasteiger partial charge is 0.464 e. The predicted molar refractivity (Wildman–Crippen MR) is 73.6 cm³/mol. The van der Waals surface area contributed by atoms with Gasteiger partial charge in [-0.3, -0.25) is 4.68 Å². The van der Waals surface area contributed by atoms with Crippen LogP contribution >= 0.6 is 0 Å². The first-order valence-corrected chi connectivity index (χ1v) is 7.72. The van der Waals surface area contributed by atoms with Crippen molar-refractivity contribution in [1.82, 2.24) is 19.8 Å². The lowest BCUT2D eigenvalue weighted by Gasteiger charge is -2.05. The minimum absolute atomic E-state index is 0.184. The quantitative estimate of drug-likeness (QED) is 0.776. The normalized spacial score (nSPS) is 11.9. The Bertz CT molecular complexity index is 646. The van der Waals surface area contributed by atoms with Gasteiger partial charge in [0.05, 0.1) is 13.1 Å². The lowest BCUT2D eigenvalue weighted by molar-refractivity contribution is 0.465. The Hall–Kier alpha value is -1.64. The van der Waals surface area contributed by atoms with Crippen LogP contribution in [0.1, 0.15) is 11.5 Å². The van der Waals surface area contributed by atoms with Gasteiger partial charge in [0.15, 0.2) is 0 Å². The van der Waals surface area contributed by atoms with Gasteiger partial charge in [-0.05, 0) is 20.0 Å². The van der Waals surface area contributed by atoms with Crippen LogP contribution in [0.3, 0.4) is 0 Å². The van der Waals surface area contributed by atoms with Crippen molar-refractivity contribution >= 4 is 10.0 Å². The SMILES string of the molecule is CNCc1cc(S(=O)(=O)NCCn2cccn2)c(C)o1. The molecule has 110 valence electrons. The van der Waals surface area contributed by atoms with Crippen molar-refractivity contribution in [3.63, 3.8) is 0 Å². The maximum absolute atomic E-state index is 12.2. The minimum atomic E-state index is -3.55. The Kier molecular flexibility index (Phi) is 4.58. The van der Waals surface area contributed by atoms with Crippen LogP contribution in [0.5, 0.6) is 0 Å². The molecule has 2 rings (SSSR count). The van der Waals surface area contributed by atoms with Crippen molar-refractivity contribution in [3.8, 4) is 0 Å². The molecule has 7 nitrogen and oxygen atoms in total. The molecule has 0 unspecified atom stereocenters. The third-order valence-electron chi connectivity index (χ3n) is 2.76. The van der Waals surface area contributed by atoms with E-state index < -0.39 is 10.0 Å². The highest BCUT2D eigenvalue weighted by Crippen LogP contribution is 2.19. The lowest BCUT2D eigenvalue weighted by Crippen LogP contribution is -2.27. The van der Waals surface area contributed by atoms with Crippen molar-refractivity contribution in [1.29, 1.82) is 0 Å². The zero-order chi connectivity index (χ0) is 14.6. The van der Waals surface area contributed by atoms with Crippen LogP contribution in [0.25, 0.3) is 0 Å². The summed E-state index contributed by atoms with van der Waals surface area (Å²) >= 11 is 0. The Morgan fingerprint density at radius 1 is 1.45 bits per heavy atom. The van der Waals surface area contributed by atoms with Gasteiger partial charge in [-0.25, -0.2) is 13.1 Å². The molecule has 0 spiro atoms. The van der Waals surface area contributed by atoms with Crippen molar-refractivity contribution in [2.24, 2.45) is 0 Å². The number of furan rings is 1. The van der Waals surface area contributed by atoms with Gasteiger partial charge in [-0.1, -0.05) is 0 Å². The molecule has 2 aromatic heterocycles. The van der Waals surface area contributed by atoms with Crippen molar-refractivity contribution in [2.75, 3.05) is 13.6 Å². The highest BCUT2D eigenvalue weighted by molar-refractivity contribution is 7.89. The topological polar surface area (TPSA) is 89.2 Å². The second-order valence-corrected chi connectivity index (χ2v) is 6.07. The van der Waals surface area contributed by atoms with Gasteiger partial charge in [-0.15, -0.1) is 0 Å². The highest BCUT2D eigenvalue weighted by Gasteiger charge is 2.20. The monoisotopic (exact) mass is 298 g/mol. The molecule has 0 aliphatic heterocycles. The molecule has 8 heteroatoms. The third-order valence-corrected chi connectivity index (χ3v) is 4.32. The fourth-order valence-corrected chi connectivity index (χ4v) is 3.08. The molecule has 2 aromatic rings. The summed E-state index contributed by atoms with van der Waals surface area (Å²) in [5, 5.41) is 6.93. The first kappa shape index (κ1) is 14.8. The lowest BCUT2D eigenvalue weighted by atomic mass is 10.4. The fraction of sp³-hybridized carbons (Fsp3) is 0.417. The zero-order valence-electron chi connectivity index (χ0n) is 11.5. The number of hydrogen-bond acceptors (Lipinski definition) is 5. The smallest absolute Gasteiger partial charge is 0.244 e. The average Bonchev–Trinajstić information content (AvgIpc) is 2.99. The first-order valence-electron chi connectivity index (χ1n) is 6.24. The molecule has 0 aromatic carbocycles. The van der Waals surface area contributed by atoms with E-state index in [1.165, 1.54) is 0 Å². The maximum Gasteiger partial charge on any atom is 0.244 e. The molecular weight excluding hydrogens is 280 g/mol. The van der Waals surface area contributed by atoms with E-state index in [0.717, 1.165) is 0 Å². The van der Waals surface area contributed by atoms with E-state index in [1.807, 2.05) is 0 Å². The van der Waals surface area contributed by atoms with Crippen molar-refractivity contribution < 1.29 is 12.8 Å².